The number of benzene rings is 2. The van der Waals surface area contributed by atoms with E-state index >= 15 is 0 Å². The highest BCUT2D eigenvalue weighted by Gasteiger charge is 2.37. The summed E-state index contributed by atoms with van der Waals surface area (Å²) in [5.41, 5.74) is 13.2. The number of carbonyl (C=O) groups is 3. The predicted octanol–water partition coefficient (Wildman–Crippen LogP) is 3.65. The van der Waals surface area contributed by atoms with Crippen LogP contribution in [-0.4, -0.2) is 44.1 Å². The van der Waals surface area contributed by atoms with Gasteiger partial charge in [-0.15, -0.1) is 0 Å². The lowest BCUT2D eigenvalue weighted by atomic mass is 10.00. The van der Waals surface area contributed by atoms with E-state index in [0.29, 0.717) is 12.0 Å². The van der Waals surface area contributed by atoms with Crippen LogP contribution in [0.15, 0.2) is 60.8 Å². The molecule has 2 heterocycles. The van der Waals surface area contributed by atoms with Crippen molar-refractivity contribution in [2.75, 3.05) is 12.3 Å². The van der Waals surface area contributed by atoms with Gasteiger partial charge in [-0.3, -0.25) is 14.4 Å². The summed E-state index contributed by atoms with van der Waals surface area (Å²) >= 11 is 0.799. The lowest BCUT2D eigenvalue weighted by Crippen LogP contribution is -2.49. The van der Waals surface area contributed by atoms with Crippen molar-refractivity contribution in [2.45, 2.75) is 38.8 Å². The number of para-hydroxylation sites is 1. The molecule has 0 saturated carbocycles. The zero-order chi connectivity index (χ0) is 26.7. The number of nitrogens with zero attached hydrogens (tertiary/aromatic N) is 2. The Balaban J connectivity index is 1.84. The molecule has 192 valence electrons. The molecule has 0 aliphatic carbocycles. The van der Waals surface area contributed by atoms with Crippen LogP contribution >= 0.6 is 11.5 Å². The maximum absolute atomic E-state index is 14.0. The summed E-state index contributed by atoms with van der Waals surface area (Å²) in [5, 5.41) is 3.85. The van der Waals surface area contributed by atoms with E-state index in [2.05, 4.69) is 14.7 Å². The van der Waals surface area contributed by atoms with Gasteiger partial charge in [-0.1, -0.05) is 48.5 Å². The van der Waals surface area contributed by atoms with Gasteiger partial charge in [0.15, 0.2) is 5.69 Å². The lowest BCUT2D eigenvalue weighted by Gasteiger charge is -2.33. The maximum atomic E-state index is 14.0. The highest BCUT2D eigenvalue weighted by atomic mass is 32.1. The minimum atomic E-state index is -0.981. The third-order valence-corrected chi connectivity index (χ3v) is 6.73. The summed E-state index contributed by atoms with van der Waals surface area (Å²) in [4.78, 5) is 44.4. The lowest BCUT2D eigenvalue weighted by molar-refractivity contribution is -0.127. The van der Waals surface area contributed by atoms with Gasteiger partial charge < -0.3 is 26.7 Å². The first-order valence-electron chi connectivity index (χ1n) is 11.8. The second kappa shape index (κ2) is 10.4. The van der Waals surface area contributed by atoms with Gasteiger partial charge in [0.05, 0.1) is 5.69 Å². The maximum Gasteiger partial charge on any atom is 0.270 e. The fraction of sp³-hybridized carbons (Fsp3) is 0.259. The van der Waals surface area contributed by atoms with Crippen molar-refractivity contribution in [3.05, 3.63) is 82.5 Å². The number of nitrogen functional groups attached to an aromatic ring is 1. The standard InChI is InChI=1S/C27H30N6O3S/c1-27(2,3)31-25(35)22(18-15-30-19-12-8-7-11-17(18)19)33(14-13-16-9-5-4-6-10-16)26(36)23-20(28)21(24(29)34)32-37-23/h4-12,15,22,30H,13-14,28H2,1-3H3,(H2,29,34)(H,31,35)/t22-/m0/s1. The Labute approximate surface area is 219 Å². The minimum Gasteiger partial charge on any atom is -0.395 e. The number of rotatable bonds is 8. The number of aromatic amines is 1. The molecule has 4 aromatic rings. The van der Waals surface area contributed by atoms with E-state index in [1.807, 2.05) is 75.4 Å². The Hall–Kier alpha value is -4.18. The predicted molar refractivity (Wildman–Crippen MR) is 145 cm³/mol. The average molecular weight is 519 g/mol. The largest absolute Gasteiger partial charge is 0.395 e. The number of anilines is 1. The van der Waals surface area contributed by atoms with E-state index in [9.17, 15) is 14.4 Å². The molecule has 0 aliphatic rings. The van der Waals surface area contributed by atoms with E-state index < -0.39 is 23.4 Å². The van der Waals surface area contributed by atoms with Crippen LogP contribution in [0.25, 0.3) is 10.9 Å². The highest BCUT2D eigenvalue weighted by molar-refractivity contribution is 7.09. The van der Waals surface area contributed by atoms with Crippen molar-refractivity contribution in [3.8, 4) is 0 Å². The van der Waals surface area contributed by atoms with Gasteiger partial charge in [0.25, 0.3) is 11.8 Å². The van der Waals surface area contributed by atoms with Gasteiger partial charge in [0.2, 0.25) is 5.91 Å². The monoisotopic (exact) mass is 518 g/mol. The van der Waals surface area contributed by atoms with E-state index in [1.165, 1.54) is 4.90 Å². The van der Waals surface area contributed by atoms with Crippen LogP contribution in [0.3, 0.4) is 0 Å². The van der Waals surface area contributed by atoms with Crippen LogP contribution in [0.1, 0.15) is 58.1 Å². The van der Waals surface area contributed by atoms with E-state index in [4.69, 9.17) is 11.5 Å². The van der Waals surface area contributed by atoms with Crippen molar-refractivity contribution in [1.82, 2.24) is 19.6 Å². The number of aromatic nitrogens is 2. The Bertz CT molecular complexity index is 1440. The third-order valence-electron chi connectivity index (χ3n) is 5.87. The molecule has 2 aromatic heterocycles. The molecule has 0 spiro atoms. The van der Waals surface area contributed by atoms with E-state index in [-0.39, 0.29) is 28.7 Å². The van der Waals surface area contributed by atoms with Crippen LogP contribution < -0.4 is 16.8 Å². The first kappa shape index (κ1) is 25.9. The van der Waals surface area contributed by atoms with Crippen LogP contribution in [-0.2, 0) is 11.2 Å². The van der Waals surface area contributed by atoms with Crippen molar-refractivity contribution >= 4 is 45.8 Å². The van der Waals surface area contributed by atoms with Crippen molar-refractivity contribution in [3.63, 3.8) is 0 Å². The second-order valence-corrected chi connectivity index (χ2v) is 10.6. The van der Waals surface area contributed by atoms with Crippen molar-refractivity contribution in [2.24, 2.45) is 5.73 Å². The van der Waals surface area contributed by atoms with Crippen LogP contribution in [0.5, 0.6) is 0 Å². The van der Waals surface area contributed by atoms with Gasteiger partial charge in [0.1, 0.15) is 10.9 Å². The quantitative estimate of drug-likeness (QED) is 0.281. The number of hydrogen-bond acceptors (Lipinski definition) is 6. The molecule has 2 aromatic carbocycles. The first-order valence-corrected chi connectivity index (χ1v) is 12.6. The Kier molecular flexibility index (Phi) is 7.30. The summed E-state index contributed by atoms with van der Waals surface area (Å²) in [6.45, 7) is 5.86. The van der Waals surface area contributed by atoms with Crippen LogP contribution in [0, 0.1) is 0 Å². The van der Waals surface area contributed by atoms with Gasteiger partial charge in [-0.2, -0.15) is 4.37 Å². The number of nitrogens with two attached hydrogens (primary N) is 2. The van der Waals surface area contributed by atoms with Gasteiger partial charge in [0, 0.05) is 34.7 Å². The highest BCUT2D eigenvalue weighted by Crippen LogP contribution is 2.33. The topological polar surface area (TPSA) is 147 Å². The molecular formula is C27H30N6O3S. The molecule has 4 rings (SSSR count). The molecule has 0 radical (unpaired) electrons. The molecule has 9 nitrogen and oxygen atoms in total. The molecule has 0 aliphatic heterocycles. The summed E-state index contributed by atoms with van der Waals surface area (Å²) in [5.74, 6) is -1.66. The van der Waals surface area contributed by atoms with Crippen LogP contribution in [0.2, 0.25) is 0 Å². The first-order chi connectivity index (χ1) is 17.6. The zero-order valence-corrected chi connectivity index (χ0v) is 21.8. The fourth-order valence-corrected chi connectivity index (χ4v) is 4.97. The minimum absolute atomic E-state index is 0.0651. The number of hydrogen-bond donors (Lipinski definition) is 4. The Morgan fingerprint density at radius 3 is 2.41 bits per heavy atom. The normalized spacial score (nSPS) is 12.3. The van der Waals surface area contributed by atoms with Gasteiger partial charge in [-0.05, 0) is 50.4 Å². The molecule has 10 heteroatoms. The second-order valence-electron chi connectivity index (χ2n) is 9.80. The summed E-state index contributed by atoms with van der Waals surface area (Å²) in [6, 6.07) is 16.3. The molecule has 0 unspecified atom stereocenters. The summed E-state index contributed by atoms with van der Waals surface area (Å²) < 4.78 is 4.00. The van der Waals surface area contributed by atoms with Crippen molar-refractivity contribution in [1.29, 1.82) is 0 Å². The molecule has 37 heavy (non-hydrogen) atoms. The third kappa shape index (κ3) is 5.64. The molecule has 0 bridgehead atoms. The molecule has 0 fully saturated rings. The average Bonchev–Trinajstić information content (AvgIpc) is 3.44. The number of primary amides is 1. The summed E-state index contributed by atoms with van der Waals surface area (Å²) in [6.07, 6.45) is 2.25. The smallest absolute Gasteiger partial charge is 0.270 e. The Morgan fingerprint density at radius 2 is 1.76 bits per heavy atom. The van der Waals surface area contributed by atoms with E-state index in [1.54, 1.807) is 6.20 Å². The number of amides is 3. The van der Waals surface area contributed by atoms with Gasteiger partial charge >= 0.3 is 0 Å². The zero-order valence-electron chi connectivity index (χ0n) is 20.9. The SMILES string of the molecule is CC(C)(C)NC(=O)[C@H](c1c[nH]c2ccccc12)N(CCc1ccccc1)C(=O)c1snc(C(N)=O)c1N. The number of nitrogens with one attached hydrogen (secondary N) is 2. The molecule has 3 amide bonds. The van der Waals surface area contributed by atoms with E-state index in [0.717, 1.165) is 28.0 Å². The van der Waals surface area contributed by atoms with Crippen molar-refractivity contribution < 1.29 is 14.4 Å². The molecule has 1 atom stereocenters. The van der Waals surface area contributed by atoms with Gasteiger partial charge in [-0.25, -0.2) is 0 Å². The summed E-state index contributed by atoms with van der Waals surface area (Å²) in [7, 11) is 0. The fourth-order valence-electron chi connectivity index (χ4n) is 4.21. The number of carbonyl (C=O) groups excluding carboxylic acids is 3. The number of H-pyrrole nitrogens is 1. The Morgan fingerprint density at radius 1 is 1.08 bits per heavy atom. The molecular weight excluding hydrogens is 488 g/mol. The molecule has 6 N–H and O–H groups in total. The molecule has 0 saturated heterocycles. The van der Waals surface area contributed by atoms with Crippen LogP contribution in [0.4, 0.5) is 5.69 Å². The number of fused-ring (bicyclic) bond motifs is 1.